The van der Waals surface area contributed by atoms with Crippen LogP contribution in [0.15, 0.2) is 41.3 Å². The second kappa shape index (κ2) is 7.32. The van der Waals surface area contributed by atoms with Crippen molar-refractivity contribution in [3.05, 3.63) is 53.3 Å². The Hall–Kier alpha value is -2.92. The second-order valence-corrected chi connectivity index (χ2v) is 7.31. The summed E-state index contributed by atoms with van der Waals surface area (Å²) in [4.78, 5) is 10.7. The molecule has 2 rings (SSSR count). The maximum atomic E-state index is 13.5. The van der Waals surface area contributed by atoms with Gasteiger partial charge in [-0.3, -0.25) is 4.79 Å². The summed E-state index contributed by atoms with van der Waals surface area (Å²) < 4.78 is 42.2. The Morgan fingerprint density at radius 2 is 1.96 bits per heavy atom. The van der Waals surface area contributed by atoms with Gasteiger partial charge in [0, 0.05) is 18.7 Å². The van der Waals surface area contributed by atoms with Gasteiger partial charge in [-0.1, -0.05) is 6.07 Å². The molecule has 0 unspecified atom stereocenters. The molecule has 0 bridgehead atoms. The summed E-state index contributed by atoms with van der Waals surface area (Å²) in [6.07, 6.45) is 0.967. The van der Waals surface area contributed by atoms with E-state index in [4.69, 9.17) is 9.84 Å². The van der Waals surface area contributed by atoms with Crippen LogP contribution in [-0.4, -0.2) is 25.7 Å². The molecule has 1 N–H and O–H groups in total. The molecule has 0 aliphatic heterocycles. The molecule has 0 atom stereocenters. The van der Waals surface area contributed by atoms with Gasteiger partial charge in [0.05, 0.1) is 10.5 Å². The number of hydrogen-bond acceptors (Lipinski definition) is 5. The van der Waals surface area contributed by atoms with Crippen LogP contribution < -0.4 is 4.74 Å². The van der Waals surface area contributed by atoms with Crippen LogP contribution in [0.5, 0.6) is 11.5 Å². The predicted molar refractivity (Wildman–Crippen MR) is 86.7 cm³/mol. The van der Waals surface area contributed by atoms with Gasteiger partial charge in [-0.15, -0.1) is 0 Å². The largest absolute Gasteiger partial charge is 0.481 e. The first-order valence-corrected chi connectivity index (χ1v) is 9.02. The first-order chi connectivity index (χ1) is 11.7. The van der Waals surface area contributed by atoms with Gasteiger partial charge in [-0.05, 0) is 36.2 Å². The third-order valence-corrected chi connectivity index (χ3v) is 4.47. The van der Waals surface area contributed by atoms with Gasteiger partial charge in [0.1, 0.15) is 23.4 Å². The van der Waals surface area contributed by atoms with Crippen molar-refractivity contribution in [1.29, 1.82) is 5.26 Å². The van der Waals surface area contributed by atoms with E-state index in [0.29, 0.717) is 5.56 Å². The molecule has 2 aromatic rings. The zero-order valence-electron chi connectivity index (χ0n) is 13.2. The maximum Gasteiger partial charge on any atom is 0.303 e. The number of ether oxygens (including phenoxy) is 1. The van der Waals surface area contributed by atoms with Crippen LogP contribution in [0.4, 0.5) is 4.39 Å². The van der Waals surface area contributed by atoms with Crippen molar-refractivity contribution in [2.45, 2.75) is 17.7 Å². The Balaban J connectivity index is 2.41. The number of carboxylic acids is 1. The normalized spacial score (nSPS) is 10.9. The number of rotatable bonds is 6. The Morgan fingerprint density at radius 3 is 2.56 bits per heavy atom. The zero-order chi connectivity index (χ0) is 18.6. The highest BCUT2D eigenvalue weighted by molar-refractivity contribution is 7.90. The smallest absolute Gasteiger partial charge is 0.303 e. The monoisotopic (exact) mass is 363 g/mol. The molecule has 25 heavy (non-hydrogen) atoms. The number of aryl methyl sites for hydroxylation is 1. The molecule has 6 nitrogen and oxygen atoms in total. The van der Waals surface area contributed by atoms with E-state index in [2.05, 4.69) is 0 Å². The number of halogens is 1. The average Bonchev–Trinajstić information content (AvgIpc) is 2.53. The van der Waals surface area contributed by atoms with Crippen LogP contribution >= 0.6 is 0 Å². The van der Waals surface area contributed by atoms with Crippen LogP contribution in [0.3, 0.4) is 0 Å². The molecule has 130 valence electrons. The highest BCUT2D eigenvalue weighted by Crippen LogP contribution is 2.31. The van der Waals surface area contributed by atoms with Crippen molar-refractivity contribution in [2.75, 3.05) is 6.26 Å². The standard InChI is InChI=1S/C17H14FNO5S/c1-25(22,23)14-5-6-15(12(8-14)10-19)24-16-9-13(18)4-2-11(16)3-7-17(20)21/h2,4-6,8-9H,3,7H2,1H3,(H,20,21). The first-order valence-electron chi connectivity index (χ1n) is 7.13. The topological polar surface area (TPSA) is 104 Å². The third kappa shape index (κ3) is 4.78. The molecule has 8 heteroatoms. The molecule has 0 aliphatic carbocycles. The molecule has 0 aliphatic rings. The Bertz CT molecular complexity index is 963. The van der Waals surface area contributed by atoms with Crippen LogP contribution in [0.25, 0.3) is 0 Å². The number of carboxylic acid groups (broad SMARTS) is 1. The van der Waals surface area contributed by atoms with Gasteiger partial charge in [0.15, 0.2) is 9.84 Å². The number of nitriles is 1. The van der Waals surface area contributed by atoms with E-state index in [9.17, 15) is 22.9 Å². The van der Waals surface area contributed by atoms with E-state index in [1.807, 2.05) is 6.07 Å². The van der Waals surface area contributed by atoms with Gasteiger partial charge in [0.2, 0.25) is 0 Å². The molecular weight excluding hydrogens is 349 g/mol. The SMILES string of the molecule is CS(=O)(=O)c1ccc(Oc2cc(F)ccc2CCC(=O)O)c(C#N)c1. The molecule has 0 fully saturated rings. The lowest BCUT2D eigenvalue weighted by Crippen LogP contribution is -2.01. The number of carbonyl (C=O) groups is 1. The molecule has 0 radical (unpaired) electrons. The van der Waals surface area contributed by atoms with Gasteiger partial charge < -0.3 is 9.84 Å². The van der Waals surface area contributed by atoms with Crippen LogP contribution in [0.1, 0.15) is 17.5 Å². The van der Waals surface area contributed by atoms with Crippen molar-refractivity contribution in [1.82, 2.24) is 0 Å². The molecule has 0 saturated carbocycles. The number of nitrogens with zero attached hydrogens (tertiary/aromatic N) is 1. The molecule has 0 amide bonds. The number of benzene rings is 2. The van der Waals surface area contributed by atoms with E-state index in [1.165, 1.54) is 30.3 Å². The summed E-state index contributed by atoms with van der Waals surface area (Å²) in [6.45, 7) is 0. The van der Waals surface area contributed by atoms with E-state index >= 15 is 0 Å². The first kappa shape index (κ1) is 18.4. The maximum absolute atomic E-state index is 13.5. The average molecular weight is 363 g/mol. The summed E-state index contributed by atoms with van der Waals surface area (Å²) in [6, 6.07) is 9.26. The van der Waals surface area contributed by atoms with E-state index in [0.717, 1.165) is 12.3 Å². The highest BCUT2D eigenvalue weighted by Gasteiger charge is 2.15. The summed E-state index contributed by atoms with van der Waals surface area (Å²) in [5.41, 5.74) is 0.427. The van der Waals surface area contributed by atoms with Crippen molar-refractivity contribution in [3.8, 4) is 17.6 Å². The summed E-state index contributed by atoms with van der Waals surface area (Å²) in [7, 11) is -3.49. The quantitative estimate of drug-likeness (QED) is 0.846. The van der Waals surface area contributed by atoms with Gasteiger partial charge in [-0.2, -0.15) is 5.26 Å². The molecule has 0 aromatic heterocycles. The van der Waals surface area contributed by atoms with Crippen LogP contribution in [0, 0.1) is 17.1 Å². The summed E-state index contributed by atoms with van der Waals surface area (Å²) in [5, 5.41) is 18.0. The minimum atomic E-state index is -3.49. The van der Waals surface area contributed by atoms with E-state index in [1.54, 1.807) is 0 Å². The summed E-state index contributed by atoms with van der Waals surface area (Å²) in [5.74, 6) is -1.47. The Labute approximate surface area is 144 Å². The van der Waals surface area contributed by atoms with Crippen LogP contribution in [0.2, 0.25) is 0 Å². The molecular formula is C17H14FNO5S. The molecule has 0 spiro atoms. The molecule has 0 heterocycles. The predicted octanol–water partition coefficient (Wildman–Crippen LogP) is 2.91. The zero-order valence-corrected chi connectivity index (χ0v) is 14.0. The number of aliphatic carboxylic acids is 1. The lowest BCUT2D eigenvalue weighted by Gasteiger charge is -2.12. The Kier molecular flexibility index (Phi) is 5.39. The highest BCUT2D eigenvalue weighted by atomic mass is 32.2. The van der Waals surface area contributed by atoms with Crippen molar-refractivity contribution in [2.24, 2.45) is 0 Å². The van der Waals surface area contributed by atoms with Gasteiger partial charge in [-0.25, -0.2) is 12.8 Å². The molecule has 0 saturated heterocycles. The van der Waals surface area contributed by atoms with Crippen LogP contribution in [-0.2, 0) is 21.1 Å². The fourth-order valence-electron chi connectivity index (χ4n) is 2.11. The minimum absolute atomic E-state index is 0.0311. The number of sulfone groups is 1. The van der Waals surface area contributed by atoms with Crippen molar-refractivity contribution in [3.63, 3.8) is 0 Å². The van der Waals surface area contributed by atoms with E-state index < -0.39 is 21.6 Å². The Morgan fingerprint density at radius 1 is 1.24 bits per heavy atom. The number of hydrogen-bond donors (Lipinski definition) is 1. The third-order valence-electron chi connectivity index (χ3n) is 3.36. The van der Waals surface area contributed by atoms with Gasteiger partial charge >= 0.3 is 5.97 Å². The van der Waals surface area contributed by atoms with E-state index in [-0.39, 0.29) is 34.8 Å². The second-order valence-electron chi connectivity index (χ2n) is 5.29. The lowest BCUT2D eigenvalue weighted by molar-refractivity contribution is -0.136. The minimum Gasteiger partial charge on any atom is -0.481 e. The fourth-order valence-corrected chi connectivity index (χ4v) is 2.75. The lowest BCUT2D eigenvalue weighted by atomic mass is 10.1. The van der Waals surface area contributed by atoms with Crippen molar-refractivity contribution >= 4 is 15.8 Å². The van der Waals surface area contributed by atoms with Gasteiger partial charge in [0.25, 0.3) is 0 Å². The summed E-state index contributed by atoms with van der Waals surface area (Å²) >= 11 is 0. The fraction of sp³-hybridized carbons (Fsp3) is 0.176. The molecule has 2 aromatic carbocycles. The van der Waals surface area contributed by atoms with Crippen molar-refractivity contribution < 1.29 is 27.4 Å².